The first-order valence-corrected chi connectivity index (χ1v) is 8.13. The quantitative estimate of drug-likeness (QED) is 0.702. The van der Waals surface area contributed by atoms with Crippen molar-refractivity contribution in [3.8, 4) is 17.0 Å². The Balaban J connectivity index is 1.88. The number of carbonyl (C=O) groups is 1. The van der Waals surface area contributed by atoms with E-state index in [1.807, 2.05) is 38.1 Å². The number of aryl methyl sites for hydroxylation is 2. The zero-order chi connectivity index (χ0) is 18.7. The molecule has 0 spiro atoms. The van der Waals surface area contributed by atoms with Crippen LogP contribution in [0.25, 0.3) is 11.1 Å². The second kappa shape index (κ2) is 7.35. The molecule has 0 aliphatic rings. The third-order valence-corrected chi connectivity index (χ3v) is 4.02. The van der Waals surface area contributed by atoms with Crippen LogP contribution in [-0.4, -0.2) is 40.1 Å². The number of rotatable bonds is 5. The van der Waals surface area contributed by atoms with E-state index in [2.05, 4.69) is 15.1 Å². The van der Waals surface area contributed by atoms with Crippen molar-refractivity contribution in [2.24, 2.45) is 0 Å². The van der Waals surface area contributed by atoms with Gasteiger partial charge in [0.25, 0.3) is 5.91 Å². The number of carbonyl (C=O) groups excluding carboxylic acids is 1. The van der Waals surface area contributed by atoms with Gasteiger partial charge in [0.05, 0.1) is 24.9 Å². The van der Waals surface area contributed by atoms with Crippen LogP contribution in [0.3, 0.4) is 0 Å². The Morgan fingerprint density at radius 1 is 1.23 bits per heavy atom. The molecule has 0 saturated heterocycles. The second-order valence-corrected chi connectivity index (χ2v) is 6.01. The van der Waals surface area contributed by atoms with E-state index in [9.17, 15) is 4.79 Å². The van der Waals surface area contributed by atoms with Gasteiger partial charge < -0.3 is 14.2 Å². The number of hydrogen-bond acceptors (Lipinski definition) is 6. The average molecular weight is 352 g/mol. The fraction of sp³-hybridized carbons (Fsp3) is 0.263. The average Bonchev–Trinajstić information content (AvgIpc) is 3.05. The van der Waals surface area contributed by atoms with Gasteiger partial charge in [-0.1, -0.05) is 17.3 Å². The minimum absolute atomic E-state index is 0.110. The molecule has 0 atom stereocenters. The number of nitrogens with zero attached hydrogens (tertiary/aromatic N) is 4. The predicted molar refractivity (Wildman–Crippen MR) is 95.8 cm³/mol. The number of amides is 1. The van der Waals surface area contributed by atoms with Crippen LogP contribution in [-0.2, 0) is 6.54 Å². The monoisotopic (exact) mass is 352 g/mol. The molecule has 26 heavy (non-hydrogen) atoms. The molecule has 0 bridgehead atoms. The number of benzene rings is 1. The summed E-state index contributed by atoms with van der Waals surface area (Å²) in [6, 6.07) is 9.16. The van der Waals surface area contributed by atoms with E-state index in [0.29, 0.717) is 23.7 Å². The summed E-state index contributed by atoms with van der Waals surface area (Å²) in [6.45, 7) is 4.07. The van der Waals surface area contributed by atoms with Gasteiger partial charge in [0, 0.05) is 18.7 Å². The second-order valence-electron chi connectivity index (χ2n) is 6.01. The molecule has 0 aliphatic carbocycles. The lowest BCUT2D eigenvalue weighted by Gasteiger charge is -2.16. The van der Waals surface area contributed by atoms with Gasteiger partial charge in [0.15, 0.2) is 0 Å². The predicted octanol–water partition coefficient (Wildman–Crippen LogP) is 3.03. The molecule has 134 valence electrons. The fourth-order valence-electron chi connectivity index (χ4n) is 2.77. The molecule has 0 unspecified atom stereocenters. The van der Waals surface area contributed by atoms with E-state index in [1.54, 1.807) is 25.1 Å². The molecule has 2 heterocycles. The summed E-state index contributed by atoms with van der Waals surface area (Å²) in [5, 5.41) is 3.93. The van der Waals surface area contributed by atoms with E-state index < -0.39 is 0 Å². The van der Waals surface area contributed by atoms with Gasteiger partial charge in [-0.3, -0.25) is 4.79 Å². The molecule has 2 aromatic heterocycles. The molecule has 7 nitrogen and oxygen atoms in total. The Hall–Kier alpha value is -3.22. The van der Waals surface area contributed by atoms with E-state index in [4.69, 9.17) is 9.26 Å². The smallest absolute Gasteiger partial charge is 0.253 e. The zero-order valence-corrected chi connectivity index (χ0v) is 15.2. The highest BCUT2D eigenvalue weighted by atomic mass is 16.5. The maximum Gasteiger partial charge on any atom is 0.253 e. The summed E-state index contributed by atoms with van der Waals surface area (Å²) in [4.78, 5) is 22.8. The summed E-state index contributed by atoms with van der Waals surface area (Å²) in [7, 11) is 3.30. The van der Waals surface area contributed by atoms with Gasteiger partial charge >= 0.3 is 0 Å². The molecule has 7 heteroatoms. The first-order valence-electron chi connectivity index (χ1n) is 8.13. The highest BCUT2D eigenvalue weighted by molar-refractivity contribution is 5.95. The van der Waals surface area contributed by atoms with Crippen LogP contribution >= 0.6 is 0 Å². The van der Waals surface area contributed by atoms with Crippen molar-refractivity contribution in [2.75, 3.05) is 14.2 Å². The normalized spacial score (nSPS) is 10.6. The van der Waals surface area contributed by atoms with Crippen LogP contribution in [0.15, 0.2) is 41.2 Å². The molecule has 0 aliphatic heterocycles. The van der Waals surface area contributed by atoms with Gasteiger partial charge in [0.2, 0.25) is 5.88 Å². The first-order chi connectivity index (χ1) is 12.5. The first kappa shape index (κ1) is 17.6. The van der Waals surface area contributed by atoms with Crippen molar-refractivity contribution in [1.82, 2.24) is 20.0 Å². The summed E-state index contributed by atoms with van der Waals surface area (Å²) in [5.41, 5.74) is 3.67. The maximum atomic E-state index is 12.8. The zero-order valence-electron chi connectivity index (χ0n) is 15.2. The van der Waals surface area contributed by atoms with E-state index in [-0.39, 0.29) is 5.91 Å². The third-order valence-electron chi connectivity index (χ3n) is 4.02. The Kier molecular flexibility index (Phi) is 4.97. The summed E-state index contributed by atoms with van der Waals surface area (Å²) in [5.74, 6) is 1.09. The van der Waals surface area contributed by atoms with Crippen molar-refractivity contribution in [1.29, 1.82) is 0 Å². The summed E-state index contributed by atoms with van der Waals surface area (Å²) >= 11 is 0. The minimum atomic E-state index is -0.110. The molecule has 0 fully saturated rings. The van der Waals surface area contributed by atoms with Crippen LogP contribution in [0.5, 0.6) is 5.88 Å². The van der Waals surface area contributed by atoms with E-state index in [1.165, 1.54) is 6.33 Å². The highest BCUT2D eigenvalue weighted by Gasteiger charge is 2.17. The molecule has 3 aromatic rings. The van der Waals surface area contributed by atoms with Crippen molar-refractivity contribution in [2.45, 2.75) is 20.4 Å². The van der Waals surface area contributed by atoms with Crippen LogP contribution < -0.4 is 4.74 Å². The summed E-state index contributed by atoms with van der Waals surface area (Å²) < 4.78 is 10.4. The third kappa shape index (κ3) is 3.56. The standard InChI is InChI=1S/C19H20N4O3/c1-12-8-16(22-26-12)10-23(3)19(24)15-7-5-6-14(9-15)17-13(2)20-11-21-18(17)25-4/h5-9,11H,10H2,1-4H3. The maximum absolute atomic E-state index is 12.8. The van der Waals surface area contributed by atoms with E-state index >= 15 is 0 Å². The van der Waals surface area contributed by atoms with Gasteiger partial charge in [0.1, 0.15) is 17.8 Å². The van der Waals surface area contributed by atoms with Gasteiger partial charge in [-0.15, -0.1) is 0 Å². The van der Waals surface area contributed by atoms with Crippen LogP contribution in [0.2, 0.25) is 0 Å². The van der Waals surface area contributed by atoms with Gasteiger partial charge in [-0.05, 0) is 31.5 Å². The van der Waals surface area contributed by atoms with Gasteiger partial charge in [-0.2, -0.15) is 0 Å². The fourth-order valence-corrected chi connectivity index (χ4v) is 2.77. The molecule has 0 radical (unpaired) electrons. The lowest BCUT2D eigenvalue weighted by atomic mass is 10.0. The molecule has 1 aromatic carbocycles. The Bertz CT molecular complexity index is 936. The molecular formula is C19H20N4O3. The number of methoxy groups -OCH3 is 1. The number of aromatic nitrogens is 3. The van der Waals surface area contributed by atoms with E-state index in [0.717, 1.165) is 22.6 Å². The molecule has 0 saturated carbocycles. The molecular weight excluding hydrogens is 332 g/mol. The lowest BCUT2D eigenvalue weighted by molar-refractivity contribution is 0.0782. The Labute approximate surface area is 151 Å². The largest absolute Gasteiger partial charge is 0.480 e. The molecule has 1 amide bonds. The van der Waals surface area contributed by atoms with Crippen molar-refractivity contribution in [3.63, 3.8) is 0 Å². The molecule has 0 N–H and O–H groups in total. The Morgan fingerprint density at radius 2 is 2.04 bits per heavy atom. The summed E-state index contributed by atoms with van der Waals surface area (Å²) in [6.07, 6.45) is 1.46. The topological polar surface area (TPSA) is 81.4 Å². The van der Waals surface area contributed by atoms with Crippen LogP contribution in [0, 0.1) is 13.8 Å². The molecule has 3 rings (SSSR count). The van der Waals surface area contributed by atoms with Crippen molar-refractivity contribution in [3.05, 3.63) is 59.4 Å². The number of hydrogen-bond donors (Lipinski definition) is 0. The van der Waals surface area contributed by atoms with Crippen molar-refractivity contribution < 1.29 is 14.1 Å². The van der Waals surface area contributed by atoms with Crippen molar-refractivity contribution >= 4 is 5.91 Å². The minimum Gasteiger partial charge on any atom is -0.480 e. The highest BCUT2D eigenvalue weighted by Crippen LogP contribution is 2.30. The van der Waals surface area contributed by atoms with Gasteiger partial charge in [-0.25, -0.2) is 9.97 Å². The van der Waals surface area contributed by atoms with Crippen LogP contribution in [0.4, 0.5) is 0 Å². The van der Waals surface area contributed by atoms with Crippen LogP contribution in [0.1, 0.15) is 27.5 Å². The number of ether oxygens (including phenoxy) is 1. The Morgan fingerprint density at radius 3 is 2.73 bits per heavy atom. The lowest BCUT2D eigenvalue weighted by Crippen LogP contribution is -2.26. The SMILES string of the molecule is COc1ncnc(C)c1-c1cccc(C(=O)N(C)Cc2cc(C)on2)c1.